The van der Waals surface area contributed by atoms with Crippen molar-refractivity contribution < 1.29 is 4.74 Å². The average Bonchev–Trinajstić information content (AvgIpc) is 2.85. The van der Waals surface area contributed by atoms with Crippen molar-refractivity contribution in [2.75, 3.05) is 20.3 Å². The van der Waals surface area contributed by atoms with Gasteiger partial charge in [0, 0.05) is 24.7 Å². The van der Waals surface area contributed by atoms with Gasteiger partial charge in [-0.2, -0.15) is 0 Å². The van der Waals surface area contributed by atoms with Crippen LogP contribution in [0.4, 0.5) is 0 Å². The molecule has 1 aliphatic rings. The van der Waals surface area contributed by atoms with E-state index in [1.54, 1.807) is 18.4 Å². The summed E-state index contributed by atoms with van der Waals surface area (Å²) in [6.07, 6.45) is 3.60. The molecule has 0 radical (unpaired) electrons. The predicted octanol–water partition coefficient (Wildman–Crippen LogP) is 3.09. The molecule has 1 aromatic rings. The SMILES string of the molecule is COCCNC1(c2nc(C)cs2)CCC(C)(C)C1. The quantitative estimate of drug-likeness (QED) is 0.833. The molecular formula is C14H24N2OS. The summed E-state index contributed by atoms with van der Waals surface area (Å²) in [5, 5.41) is 7.11. The van der Waals surface area contributed by atoms with Crippen LogP contribution in [-0.4, -0.2) is 25.2 Å². The maximum atomic E-state index is 5.16. The van der Waals surface area contributed by atoms with Gasteiger partial charge in [-0.1, -0.05) is 13.8 Å². The summed E-state index contributed by atoms with van der Waals surface area (Å²) in [6, 6.07) is 0. The Kier molecular flexibility index (Phi) is 4.09. The van der Waals surface area contributed by atoms with E-state index >= 15 is 0 Å². The molecule has 18 heavy (non-hydrogen) atoms. The summed E-state index contributed by atoms with van der Waals surface area (Å²) < 4.78 is 5.16. The van der Waals surface area contributed by atoms with Crippen LogP contribution < -0.4 is 5.32 Å². The number of thiazole rings is 1. The Morgan fingerprint density at radius 3 is 2.72 bits per heavy atom. The van der Waals surface area contributed by atoms with Crippen molar-refractivity contribution in [1.82, 2.24) is 10.3 Å². The first-order chi connectivity index (χ1) is 8.47. The third-order valence-corrected chi connectivity index (χ3v) is 4.97. The van der Waals surface area contributed by atoms with Crippen molar-refractivity contribution in [2.45, 2.75) is 45.6 Å². The molecule has 1 aliphatic carbocycles. The zero-order valence-corrected chi connectivity index (χ0v) is 12.7. The maximum absolute atomic E-state index is 5.16. The van der Waals surface area contributed by atoms with Crippen LogP contribution in [-0.2, 0) is 10.3 Å². The first-order valence-electron chi connectivity index (χ1n) is 6.64. The van der Waals surface area contributed by atoms with Gasteiger partial charge in [0.15, 0.2) is 0 Å². The van der Waals surface area contributed by atoms with Crippen LogP contribution in [0.2, 0.25) is 0 Å². The van der Waals surface area contributed by atoms with Crippen molar-refractivity contribution in [1.29, 1.82) is 0 Å². The van der Waals surface area contributed by atoms with Gasteiger partial charge in [0.05, 0.1) is 12.1 Å². The normalized spacial score (nSPS) is 26.7. The van der Waals surface area contributed by atoms with E-state index in [1.165, 1.54) is 17.8 Å². The third-order valence-electron chi connectivity index (χ3n) is 3.81. The van der Waals surface area contributed by atoms with E-state index in [2.05, 4.69) is 31.5 Å². The van der Waals surface area contributed by atoms with Gasteiger partial charge in [-0.05, 0) is 31.6 Å². The Morgan fingerprint density at radius 2 is 2.22 bits per heavy atom. The lowest BCUT2D eigenvalue weighted by molar-refractivity contribution is 0.180. The fourth-order valence-corrected chi connectivity index (χ4v) is 3.92. The van der Waals surface area contributed by atoms with E-state index in [0.717, 1.165) is 25.3 Å². The van der Waals surface area contributed by atoms with Crippen LogP contribution in [0.25, 0.3) is 0 Å². The molecule has 2 rings (SSSR count). The van der Waals surface area contributed by atoms with Crippen LogP contribution in [0.15, 0.2) is 5.38 Å². The van der Waals surface area contributed by atoms with Gasteiger partial charge in [-0.3, -0.25) is 0 Å². The minimum Gasteiger partial charge on any atom is -0.383 e. The smallest absolute Gasteiger partial charge is 0.113 e. The minimum atomic E-state index is 0.0704. The van der Waals surface area contributed by atoms with Gasteiger partial charge in [0.25, 0.3) is 0 Å². The maximum Gasteiger partial charge on any atom is 0.113 e. The number of aromatic nitrogens is 1. The summed E-state index contributed by atoms with van der Waals surface area (Å²) in [7, 11) is 1.75. The van der Waals surface area contributed by atoms with Crippen LogP contribution in [0, 0.1) is 12.3 Å². The summed E-state index contributed by atoms with van der Waals surface area (Å²) in [5.41, 5.74) is 1.60. The molecular weight excluding hydrogens is 244 g/mol. The topological polar surface area (TPSA) is 34.1 Å². The highest BCUT2D eigenvalue weighted by molar-refractivity contribution is 7.09. The second kappa shape index (κ2) is 5.27. The first-order valence-corrected chi connectivity index (χ1v) is 7.52. The lowest BCUT2D eigenvalue weighted by atomic mass is 9.88. The lowest BCUT2D eigenvalue weighted by Crippen LogP contribution is -2.42. The molecule has 3 nitrogen and oxygen atoms in total. The van der Waals surface area contributed by atoms with Crippen molar-refractivity contribution in [3.63, 3.8) is 0 Å². The Bertz CT molecular complexity index is 402. The van der Waals surface area contributed by atoms with E-state index in [9.17, 15) is 0 Å². The lowest BCUT2D eigenvalue weighted by Gasteiger charge is -2.30. The van der Waals surface area contributed by atoms with E-state index in [1.807, 2.05) is 0 Å². The van der Waals surface area contributed by atoms with Gasteiger partial charge in [-0.15, -0.1) is 11.3 Å². The van der Waals surface area contributed by atoms with Gasteiger partial charge in [-0.25, -0.2) is 4.98 Å². The van der Waals surface area contributed by atoms with E-state index in [0.29, 0.717) is 5.41 Å². The Morgan fingerprint density at radius 1 is 1.44 bits per heavy atom. The van der Waals surface area contributed by atoms with Crippen LogP contribution in [0.1, 0.15) is 43.8 Å². The third kappa shape index (κ3) is 2.92. The minimum absolute atomic E-state index is 0.0704. The molecule has 1 saturated carbocycles. The highest BCUT2D eigenvalue weighted by atomic mass is 32.1. The van der Waals surface area contributed by atoms with E-state index < -0.39 is 0 Å². The molecule has 0 amide bonds. The molecule has 1 aromatic heterocycles. The van der Waals surface area contributed by atoms with Crippen LogP contribution >= 0.6 is 11.3 Å². The number of hydrogen-bond donors (Lipinski definition) is 1. The van der Waals surface area contributed by atoms with Crippen molar-refractivity contribution in [3.8, 4) is 0 Å². The molecule has 0 aromatic carbocycles. The molecule has 1 unspecified atom stereocenters. The van der Waals surface area contributed by atoms with Gasteiger partial charge in [0.1, 0.15) is 5.01 Å². The van der Waals surface area contributed by atoms with E-state index in [4.69, 9.17) is 9.72 Å². The number of aryl methyl sites for hydroxylation is 1. The number of nitrogens with one attached hydrogen (secondary N) is 1. The molecule has 0 spiro atoms. The first kappa shape index (κ1) is 14.0. The predicted molar refractivity (Wildman–Crippen MR) is 76.0 cm³/mol. The molecule has 0 aliphatic heterocycles. The molecule has 102 valence electrons. The van der Waals surface area contributed by atoms with Gasteiger partial charge < -0.3 is 10.1 Å². The number of hydrogen-bond acceptors (Lipinski definition) is 4. The van der Waals surface area contributed by atoms with Crippen LogP contribution in [0.5, 0.6) is 0 Å². The standard InChI is InChI=1S/C14H24N2OS/c1-11-9-18-12(16-11)14(15-7-8-17-4)6-5-13(2,3)10-14/h9,15H,5-8,10H2,1-4H3. The second-order valence-electron chi connectivity index (χ2n) is 6.14. The highest BCUT2D eigenvalue weighted by Crippen LogP contribution is 2.49. The fourth-order valence-electron chi connectivity index (χ4n) is 2.92. The van der Waals surface area contributed by atoms with Gasteiger partial charge >= 0.3 is 0 Å². The second-order valence-corrected chi connectivity index (χ2v) is 6.99. The molecule has 1 atom stereocenters. The van der Waals surface area contributed by atoms with Gasteiger partial charge in [0.2, 0.25) is 0 Å². The van der Waals surface area contributed by atoms with Crippen molar-refractivity contribution >= 4 is 11.3 Å². The van der Waals surface area contributed by atoms with Crippen LogP contribution in [0.3, 0.4) is 0 Å². The zero-order chi connectivity index (χ0) is 13.2. The number of methoxy groups -OCH3 is 1. The molecule has 1 heterocycles. The average molecular weight is 268 g/mol. The molecule has 1 N–H and O–H groups in total. The van der Waals surface area contributed by atoms with Crippen molar-refractivity contribution in [3.05, 3.63) is 16.1 Å². The Hall–Kier alpha value is -0.450. The monoisotopic (exact) mass is 268 g/mol. The fraction of sp³-hybridized carbons (Fsp3) is 0.786. The molecule has 1 fully saturated rings. The summed E-state index contributed by atoms with van der Waals surface area (Å²) in [4.78, 5) is 4.72. The largest absolute Gasteiger partial charge is 0.383 e. The molecule has 0 saturated heterocycles. The number of nitrogens with zero attached hydrogens (tertiary/aromatic N) is 1. The molecule has 4 heteroatoms. The van der Waals surface area contributed by atoms with E-state index in [-0.39, 0.29) is 5.54 Å². The number of rotatable bonds is 5. The summed E-state index contributed by atoms with van der Waals surface area (Å²) >= 11 is 1.79. The summed E-state index contributed by atoms with van der Waals surface area (Å²) in [5.74, 6) is 0. The number of ether oxygens (including phenoxy) is 1. The Balaban J connectivity index is 2.18. The van der Waals surface area contributed by atoms with Crippen molar-refractivity contribution in [2.24, 2.45) is 5.41 Å². The summed E-state index contributed by atoms with van der Waals surface area (Å²) in [6.45, 7) is 8.43. The molecule has 0 bridgehead atoms. The highest BCUT2D eigenvalue weighted by Gasteiger charge is 2.45. The Labute approximate surface area is 114 Å². The zero-order valence-electron chi connectivity index (χ0n) is 11.9.